The van der Waals surface area contributed by atoms with Crippen LogP contribution in [0.1, 0.15) is 57.8 Å². The molecule has 0 amide bonds. The van der Waals surface area contributed by atoms with E-state index in [-0.39, 0.29) is 38.0 Å². The summed E-state index contributed by atoms with van der Waals surface area (Å²) in [4.78, 5) is 22.7. The van der Waals surface area contributed by atoms with Crippen molar-refractivity contribution >= 4 is 11.8 Å². The lowest BCUT2D eigenvalue weighted by atomic mass is 10.1. The van der Waals surface area contributed by atoms with Crippen molar-refractivity contribution in [2.75, 3.05) is 19.8 Å². The summed E-state index contributed by atoms with van der Waals surface area (Å²) in [5.41, 5.74) is 0. The van der Waals surface area contributed by atoms with E-state index >= 15 is 0 Å². The van der Waals surface area contributed by atoms with Crippen molar-refractivity contribution in [2.45, 2.75) is 57.8 Å². The molecule has 19 heavy (non-hydrogen) atoms. The zero-order valence-electron chi connectivity index (χ0n) is 11.6. The van der Waals surface area contributed by atoms with Crippen molar-refractivity contribution in [3.05, 3.63) is 0 Å². The van der Waals surface area contributed by atoms with Crippen molar-refractivity contribution in [3.8, 4) is 0 Å². The lowest BCUT2D eigenvalue weighted by Crippen LogP contribution is -2.09. The summed E-state index contributed by atoms with van der Waals surface area (Å²) in [7, 11) is 0. The van der Waals surface area contributed by atoms with E-state index in [1.54, 1.807) is 0 Å². The molecule has 0 radical (unpaired) electrons. The highest BCUT2D eigenvalue weighted by Gasteiger charge is 2.06. The average Bonchev–Trinajstić information content (AvgIpc) is 2.40. The first kappa shape index (κ1) is 18.1. The van der Waals surface area contributed by atoms with Crippen LogP contribution in [0.4, 0.5) is 0 Å². The summed E-state index contributed by atoms with van der Waals surface area (Å²) >= 11 is 0. The third-order valence-corrected chi connectivity index (χ3v) is 2.80. The summed E-state index contributed by atoms with van der Waals surface area (Å²) in [6.07, 6.45) is 5.74. The fourth-order valence-electron chi connectivity index (χ4n) is 1.64. The predicted molar refractivity (Wildman–Crippen MR) is 71.7 cm³/mol. The van der Waals surface area contributed by atoms with Crippen LogP contribution in [0.3, 0.4) is 0 Å². The minimum absolute atomic E-state index is 0.103. The molecular weight excluding hydrogens is 248 g/mol. The first-order chi connectivity index (χ1) is 9.20. The summed E-state index contributed by atoms with van der Waals surface area (Å²) in [5, 5.41) is 17.2. The van der Waals surface area contributed by atoms with Gasteiger partial charge in [-0.2, -0.15) is 0 Å². The molecule has 0 saturated heterocycles. The first-order valence-corrected chi connectivity index (χ1v) is 7.09. The molecule has 0 fully saturated rings. The molecule has 0 bridgehead atoms. The van der Waals surface area contributed by atoms with E-state index in [1.165, 1.54) is 0 Å². The summed E-state index contributed by atoms with van der Waals surface area (Å²) in [6.45, 7) is 0.486. The maximum atomic E-state index is 11.4. The van der Waals surface area contributed by atoms with Gasteiger partial charge in [0.15, 0.2) is 0 Å². The second kappa shape index (κ2) is 13.5. The van der Waals surface area contributed by atoms with Crippen molar-refractivity contribution in [1.82, 2.24) is 0 Å². The molecule has 0 heterocycles. The van der Waals surface area contributed by atoms with Crippen LogP contribution < -0.4 is 0 Å². The lowest BCUT2D eigenvalue weighted by Gasteiger charge is -2.04. The summed E-state index contributed by atoms with van der Waals surface area (Å²) in [5.74, 6) is -0.169. The Hall–Kier alpha value is -0.940. The molecule has 0 aliphatic carbocycles. The Morgan fingerprint density at radius 1 is 0.737 bits per heavy atom. The quantitative estimate of drug-likeness (QED) is 0.393. The number of esters is 1. The number of aliphatic hydroxyl groups is 2. The SMILES string of the molecule is O=C(CCCCCO)CCOC(=O)CCCCCO. The van der Waals surface area contributed by atoms with Crippen LogP contribution in [-0.4, -0.2) is 41.8 Å². The van der Waals surface area contributed by atoms with Gasteiger partial charge in [0.25, 0.3) is 0 Å². The van der Waals surface area contributed by atoms with Gasteiger partial charge in [0, 0.05) is 32.5 Å². The Bertz CT molecular complexity index is 216. The Balaban J connectivity index is 3.35. The van der Waals surface area contributed by atoms with Crippen molar-refractivity contribution in [2.24, 2.45) is 0 Å². The Morgan fingerprint density at radius 3 is 1.89 bits per heavy atom. The number of aliphatic hydroxyl groups excluding tert-OH is 2. The maximum Gasteiger partial charge on any atom is 0.305 e. The van der Waals surface area contributed by atoms with E-state index < -0.39 is 0 Å². The van der Waals surface area contributed by atoms with Crippen LogP contribution >= 0.6 is 0 Å². The van der Waals surface area contributed by atoms with E-state index in [9.17, 15) is 9.59 Å². The number of ketones is 1. The highest BCUT2D eigenvalue weighted by atomic mass is 16.5. The third kappa shape index (κ3) is 13.3. The highest BCUT2D eigenvalue weighted by molar-refractivity contribution is 5.78. The molecule has 0 spiro atoms. The van der Waals surface area contributed by atoms with Crippen LogP contribution in [0.25, 0.3) is 0 Å². The third-order valence-electron chi connectivity index (χ3n) is 2.80. The van der Waals surface area contributed by atoms with Gasteiger partial charge in [-0.15, -0.1) is 0 Å². The normalized spacial score (nSPS) is 10.4. The number of carbonyl (C=O) groups is 2. The van der Waals surface area contributed by atoms with E-state index in [0.29, 0.717) is 25.7 Å². The number of carbonyl (C=O) groups excluding carboxylic acids is 2. The zero-order chi connectivity index (χ0) is 14.3. The van der Waals surface area contributed by atoms with Gasteiger partial charge in [0.2, 0.25) is 0 Å². The molecule has 0 unspecified atom stereocenters. The fraction of sp³-hybridized carbons (Fsp3) is 0.857. The molecule has 5 heteroatoms. The Labute approximate surface area is 115 Å². The smallest absolute Gasteiger partial charge is 0.305 e. The number of hydrogen-bond acceptors (Lipinski definition) is 5. The molecular formula is C14H26O5. The predicted octanol–water partition coefficient (Wildman–Crippen LogP) is 1.59. The number of rotatable bonds is 13. The standard InChI is InChI=1S/C14H26O5/c15-10-5-1-3-7-13(17)9-12-19-14(18)8-4-2-6-11-16/h15-16H,1-12H2. The van der Waals surface area contributed by atoms with Crippen LogP contribution in [0.2, 0.25) is 0 Å². The van der Waals surface area contributed by atoms with Crippen molar-refractivity contribution in [1.29, 1.82) is 0 Å². The monoisotopic (exact) mass is 274 g/mol. The van der Waals surface area contributed by atoms with Crippen LogP contribution in [-0.2, 0) is 14.3 Å². The number of Topliss-reactive ketones (excluding diaryl/α,β-unsaturated/α-hetero) is 1. The highest BCUT2D eigenvalue weighted by Crippen LogP contribution is 2.04. The minimum Gasteiger partial charge on any atom is -0.465 e. The van der Waals surface area contributed by atoms with Crippen molar-refractivity contribution in [3.63, 3.8) is 0 Å². The molecule has 0 rings (SSSR count). The van der Waals surface area contributed by atoms with E-state index in [1.807, 2.05) is 0 Å². The van der Waals surface area contributed by atoms with Crippen molar-refractivity contribution < 1.29 is 24.5 Å². The molecule has 0 aliphatic heterocycles. The van der Waals surface area contributed by atoms with Crippen LogP contribution in [0, 0.1) is 0 Å². The maximum absolute atomic E-state index is 11.4. The molecule has 0 aromatic heterocycles. The van der Waals surface area contributed by atoms with Gasteiger partial charge in [0.1, 0.15) is 5.78 Å². The van der Waals surface area contributed by atoms with Gasteiger partial charge in [-0.1, -0.05) is 12.8 Å². The Morgan fingerprint density at radius 2 is 1.32 bits per heavy atom. The van der Waals surface area contributed by atoms with E-state index in [0.717, 1.165) is 25.7 Å². The van der Waals surface area contributed by atoms with E-state index in [4.69, 9.17) is 14.9 Å². The number of hydrogen-bond donors (Lipinski definition) is 2. The Kier molecular flexibility index (Phi) is 12.8. The van der Waals surface area contributed by atoms with Gasteiger partial charge in [-0.05, 0) is 25.7 Å². The largest absolute Gasteiger partial charge is 0.465 e. The van der Waals surface area contributed by atoms with Gasteiger partial charge in [0.05, 0.1) is 6.61 Å². The molecule has 0 saturated carbocycles. The molecule has 0 atom stereocenters. The van der Waals surface area contributed by atoms with Gasteiger partial charge in [-0.25, -0.2) is 0 Å². The number of ether oxygens (including phenoxy) is 1. The molecule has 112 valence electrons. The average molecular weight is 274 g/mol. The minimum atomic E-state index is -0.272. The van der Waals surface area contributed by atoms with Crippen LogP contribution in [0.5, 0.6) is 0 Å². The van der Waals surface area contributed by atoms with Gasteiger partial charge in [-0.3, -0.25) is 9.59 Å². The summed E-state index contributed by atoms with van der Waals surface area (Å²) in [6, 6.07) is 0. The molecule has 0 aromatic rings. The lowest BCUT2D eigenvalue weighted by molar-refractivity contribution is -0.144. The van der Waals surface area contributed by atoms with Crippen LogP contribution in [0.15, 0.2) is 0 Å². The fourth-order valence-corrected chi connectivity index (χ4v) is 1.64. The molecule has 0 aromatic carbocycles. The van der Waals surface area contributed by atoms with Gasteiger partial charge >= 0.3 is 5.97 Å². The summed E-state index contributed by atoms with van der Waals surface area (Å²) < 4.78 is 4.96. The topological polar surface area (TPSA) is 83.8 Å². The number of unbranched alkanes of at least 4 members (excludes halogenated alkanes) is 4. The van der Waals surface area contributed by atoms with Gasteiger partial charge < -0.3 is 14.9 Å². The molecule has 2 N–H and O–H groups in total. The van der Waals surface area contributed by atoms with E-state index in [2.05, 4.69) is 0 Å². The zero-order valence-corrected chi connectivity index (χ0v) is 11.6. The second-order valence-corrected chi connectivity index (χ2v) is 4.58. The molecule has 5 nitrogen and oxygen atoms in total. The molecule has 0 aliphatic rings. The first-order valence-electron chi connectivity index (χ1n) is 7.09. The second-order valence-electron chi connectivity index (χ2n) is 4.58.